The van der Waals surface area contributed by atoms with Gasteiger partial charge in [0.2, 0.25) is 11.8 Å². The number of benzene rings is 1. The van der Waals surface area contributed by atoms with Crippen molar-refractivity contribution in [2.24, 2.45) is 5.41 Å². The molecule has 1 fully saturated rings. The molecule has 1 saturated heterocycles. The van der Waals surface area contributed by atoms with E-state index in [1.54, 1.807) is 20.3 Å². The molecule has 1 aromatic rings. The van der Waals surface area contributed by atoms with Crippen LogP contribution in [0.1, 0.15) is 38.7 Å². The summed E-state index contributed by atoms with van der Waals surface area (Å²) in [5.41, 5.74) is -0.545. The van der Waals surface area contributed by atoms with Crippen LogP contribution >= 0.6 is 0 Å². The van der Waals surface area contributed by atoms with E-state index in [9.17, 15) is 9.59 Å². The van der Waals surface area contributed by atoms with Crippen molar-refractivity contribution in [1.82, 2.24) is 10.2 Å². The van der Waals surface area contributed by atoms with E-state index in [0.717, 1.165) is 18.5 Å². The van der Waals surface area contributed by atoms with Crippen molar-refractivity contribution >= 4 is 11.8 Å². The molecule has 1 atom stereocenters. The Hall–Kier alpha value is -2.08. The van der Waals surface area contributed by atoms with Crippen LogP contribution in [0, 0.1) is 5.41 Å². The van der Waals surface area contributed by atoms with Gasteiger partial charge in [-0.3, -0.25) is 14.9 Å². The molecule has 26 heavy (non-hydrogen) atoms. The topological polar surface area (TPSA) is 67.9 Å². The number of piperidine rings is 1. The third-order valence-corrected chi connectivity index (χ3v) is 5.40. The fourth-order valence-corrected chi connectivity index (χ4v) is 3.97. The summed E-state index contributed by atoms with van der Waals surface area (Å²) in [5, 5.41) is 2.56. The van der Waals surface area contributed by atoms with Gasteiger partial charge >= 0.3 is 0 Å². The van der Waals surface area contributed by atoms with Gasteiger partial charge in [-0.05, 0) is 56.6 Å². The van der Waals surface area contributed by atoms with Gasteiger partial charge in [-0.1, -0.05) is 13.8 Å². The van der Waals surface area contributed by atoms with Crippen molar-refractivity contribution in [2.45, 2.75) is 38.5 Å². The lowest BCUT2D eigenvalue weighted by molar-refractivity contribution is -0.145. The number of ether oxygens (including phenoxy) is 2. The molecule has 0 aromatic heterocycles. The van der Waals surface area contributed by atoms with Crippen LogP contribution in [0.25, 0.3) is 0 Å². The van der Waals surface area contributed by atoms with E-state index >= 15 is 0 Å². The average molecular weight is 362 g/mol. The number of carbonyl (C=O) groups excluding carboxylic acids is 2. The molecule has 1 aliphatic heterocycles. The Morgan fingerprint density at radius 2 is 1.65 bits per heavy atom. The maximum Gasteiger partial charge on any atom is 0.237 e. The van der Waals surface area contributed by atoms with Crippen LogP contribution in [0.3, 0.4) is 0 Å². The van der Waals surface area contributed by atoms with E-state index < -0.39 is 10.8 Å². The Labute approximate surface area is 155 Å². The minimum atomic E-state index is -0.835. The van der Waals surface area contributed by atoms with Gasteiger partial charge in [-0.25, -0.2) is 0 Å². The maximum absolute atomic E-state index is 13.2. The lowest BCUT2D eigenvalue weighted by atomic mass is 9.56. The lowest BCUT2D eigenvalue weighted by Crippen LogP contribution is -2.61. The van der Waals surface area contributed by atoms with Gasteiger partial charge in [-0.2, -0.15) is 0 Å². The van der Waals surface area contributed by atoms with Crippen molar-refractivity contribution in [2.75, 3.05) is 34.9 Å². The minimum Gasteiger partial charge on any atom is -0.497 e. The zero-order valence-corrected chi connectivity index (χ0v) is 16.6. The molecule has 0 spiro atoms. The first-order chi connectivity index (χ1) is 12.2. The maximum atomic E-state index is 13.2. The van der Waals surface area contributed by atoms with E-state index in [-0.39, 0.29) is 11.8 Å². The van der Waals surface area contributed by atoms with Crippen LogP contribution in [-0.4, -0.2) is 51.6 Å². The van der Waals surface area contributed by atoms with Gasteiger partial charge in [0, 0.05) is 12.5 Å². The van der Waals surface area contributed by atoms with Crippen LogP contribution in [0.4, 0.5) is 0 Å². The van der Waals surface area contributed by atoms with Gasteiger partial charge < -0.3 is 14.4 Å². The fourth-order valence-electron chi connectivity index (χ4n) is 3.97. The fraction of sp³-hybridized carbons (Fsp3) is 0.600. The van der Waals surface area contributed by atoms with Crippen LogP contribution < -0.4 is 14.8 Å². The molecule has 144 valence electrons. The summed E-state index contributed by atoms with van der Waals surface area (Å²) in [4.78, 5) is 27.3. The molecule has 0 radical (unpaired) electrons. The van der Waals surface area contributed by atoms with Crippen LogP contribution in [0.15, 0.2) is 18.2 Å². The quantitative estimate of drug-likeness (QED) is 0.754. The third kappa shape index (κ3) is 3.70. The molecular formula is C20H30N2O4. The first-order valence-electron chi connectivity index (χ1n) is 8.89. The molecule has 6 heteroatoms. The van der Waals surface area contributed by atoms with Crippen molar-refractivity contribution in [3.8, 4) is 11.5 Å². The number of hydrogen-bond acceptors (Lipinski definition) is 5. The number of amides is 2. The molecular weight excluding hydrogens is 332 g/mol. The number of rotatable bonds is 7. The normalized spacial score (nSPS) is 22.3. The molecule has 1 unspecified atom stereocenters. The Kier molecular flexibility index (Phi) is 5.96. The van der Waals surface area contributed by atoms with Gasteiger partial charge in [0.05, 0.1) is 19.6 Å². The summed E-state index contributed by atoms with van der Waals surface area (Å²) in [6.45, 7) is 4.84. The molecule has 2 amide bonds. The minimum absolute atomic E-state index is 0.224. The molecule has 1 heterocycles. The SMILES string of the molecule is COc1cc(OC)cc(C2(CCCN(C)C)C(=O)NC(=O)CC2(C)C)c1. The van der Waals surface area contributed by atoms with Gasteiger partial charge in [-0.15, -0.1) is 0 Å². The Morgan fingerprint density at radius 3 is 2.12 bits per heavy atom. The monoisotopic (exact) mass is 362 g/mol. The van der Waals surface area contributed by atoms with Crippen LogP contribution in [-0.2, 0) is 15.0 Å². The highest BCUT2D eigenvalue weighted by molar-refractivity contribution is 6.04. The van der Waals surface area contributed by atoms with Gasteiger partial charge in [0.25, 0.3) is 0 Å². The summed E-state index contributed by atoms with van der Waals surface area (Å²) < 4.78 is 10.8. The molecule has 0 aliphatic carbocycles. The summed E-state index contributed by atoms with van der Waals surface area (Å²) in [6, 6.07) is 5.56. The molecule has 1 aliphatic rings. The van der Waals surface area contributed by atoms with Crippen LogP contribution in [0.2, 0.25) is 0 Å². The summed E-state index contributed by atoms with van der Waals surface area (Å²) in [7, 11) is 7.20. The second kappa shape index (κ2) is 7.66. The molecule has 0 saturated carbocycles. The van der Waals surface area contributed by atoms with Gasteiger partial charge in [0.15, 0.2) is 0 Å². The first-order valence-corrected chi connectivity index (χ1v) is 8.89. The third-order valence-electron chi connectivity index (χ3n) is 5.40. The van der Waals surface area contributed by atoms with Crippen LogP contribution in [0.5, 0.6) is 11.5 Å². The first kappa shape index (κ1) is 20.2. The van der Waals surface area contributed by atoms with E-state index in [1.165, 1.54) is 0 Å². The highest BCUT2D eigenvalue weighted by Crippen LogP contribution is 2.51. The highest BCUT2D eigenvalue weighted by Gasteiger charge is 2.56. The average Bonchev–Trinajstić information content (AvgIpc) is 2.55. The predicted molar refractivity (Wildman–Crippen MR) is 101 cm³/mol. The number of methoxy groups -OCH3 is 2. The van der Waals surface area contributed by atoms with E-state index in [4.69, 9.17) is 9.47 Å². The number of hydrogen-bond donors (Lipinski definition) is 1. The standard InChI is InChI=1S/C20H30N2O4/c1-19(2)13-17(23)21-18(24)20(19,8-7-9-22(3)4)14-10-15(25-5)12-16(11-14)26-6/h10-12H,7-9,13H2,1-6H3,(H,21,23,24). The predicted octanol–water partition coefficient (Wildman–Crippen LogP) is 2.36. The smallest absolute Gasteiger partial charge is 0.237 e. The largest absolute Gasteiger partial charge is 0.497 e. The van der Waals surface area contributed by atoms with Crippen molar-refractivity contribution < 1.29 is 19.1 Å². The number of carbonyl (C=O) groups is 2. The number of imide groups is 1. The second-order valence-electron chi connectivity index (χ2n) is 7.85. The molecule has 0 bridgehead atoms. The summed E-state index contributed by atoms with van der Waals surface area (Å²) >= 11 is 0. The Morgan fingerprint density at radius 1 is 1.08 bits per heavy atom. The number of nitrogens with one attached hydrogen (secondary N) is 1. The number of nitrogens with zero attached hydrogens (tertiary/aromatic N) is 1. The van der Waals surface area contributed by atoms with E-state index in [2.05, 4.69) is 10.2 Å². The van der Waals surface area contributed by atoms with Crippen molar-refractivity contribution in [1.29, 1.82) is 0 Å². The molecule has 1 aromatic carbocycles. The van der Waals surface area contributed by atoms with E-state index in [0.29, 0.717) is 24.3 Å². The zero-order valence-electron chi connectivity index (χ0n) is 16.6. The molecule has 2 rings (SSSR count). The van der Waals surface area contributed by atoms with Crippen molar-refractivity contribution in [3.05, 3.63) is 23.8 Å². The lowest BCUT2D eigenvalue weighted by Gasteiger charge is -2.49. The van der Waals surface area contributed by atoms with E-state index in [1.807, 2.05) is 40.1 Å². The summed E-state index contributed by atoms with van der Waals surface area (Å²) in [6.07, 6.45) is 1.76. The van der Waals surface area contributed by atoms with Crippen molar-refractivity contribution in [3.63, 3.8) is 0 Å². The summed E-state index contributed by atoms with van der Waals surface area (Å²) in [5.74, 6) is 0.796. The molecule has 6 nitrogen and oxygen atoms in total. The second-order valence-corrected chi connectivity index (χ2v) is 7.85. The Bertz CT molecular complexity index is 662. The Balaban J connectivity index is 2.60. The van der Waals surface area contributed by atoms with Gasteiger partial charge in [0.1, 0.15) is 11.5 Å². The zero-order chi connectivity index (χ0) is 19.5. The highest BCUT2D eigenvalue weighted by atomic mass is 16.5. The molecule has 1 N–H and O–H groups in total.